The van der Waals surface area contributed by atoms with Gasteiger partial charge in [0.1, 0.15) is 5.75 Å². The standard InChI is InChI=1S/C27H31ClN2O/c1-29-25-9-8-21(28)14-24(25)23-13-20-17-30(16-18-6-7-18)11-10-27(20,15-26(23)29)19-4-3-5-22(12-19)31-2/h3-5,8-9,12,14,18,20H,6-7,10-11,13,15-17H2,1-2H3. The normalized spacial score (nSPS) is 26.0. The third-order valence-electron chi connectivity index (χ3n) is 8.32. The van der Waals surface area contributed by atoms with Crippen LogP contribution in [0.5, 0.6) is 5.75 Å². The smallest absolute Gasteiger partial charge is 0.119 e. The van der Waals surface area contributed by atoms with E-state index in [0.29, 0.717) is 5.92 Å². The van der Waals surface area contributed by atoms with Crippen molar-refractivity contribution in [2.75, 3.05) is 26.7 Å². The molecule has 1 aliphatic heterocycles. The molecule has 1 aromatic heterocycles. The lowest BCUT2D eigenvalue weighted by Crippen LogP contribution is -2.54. The first-order valence-electron chi connectivity index (χ1n) is 11.7. The molecule has 3 aliphatic rings. The number of aromatic nitrogens is 1. The molecule has 31 heavy (non-hydrogen) atoms. The molecule has 2 fully saturated rings. The van der Waals surface area contributed by atoms with Gasteiger partial charge in [0.15, 0.2) is 0 Å². The van der Waals surface area contributed by atoms with Crippen LogP contribution in [0.4, 0.5) is 0 Å². The van der Waals surface area contributed by atoms with E-state index < -0.39 is 0 Å². The fourth-order valence-electron chi connectivity index (χ4n) is 6.42. The monoisotopic (exact) mass is 434 g/mol. The Morgan fingerprint density at radius 1 is 1.16 bits per heavy atom. The average Bonchev–Trinajstić information content (AvgIpc) is 3.57. The largest absolute Gasteiger partial charge is 0.497 e. The Balaban J connectivity index is 1.47. The predicted molar refractivity (Wildman–Crippen MR) is 127 cm³/mol. The fraction of sp³-hybridized carbons (Fsp3) is 0.481. The maximum absolute atomic E-state index is 6.42. The summed E-state index contributed by atoms with van der Waals surface area (Å²) >= 11 is 6.42. The van der Waals surface area contributed by atoms with Crippen molar-refractivity contribution in [2.45, 2.75) is 37.5 Å². The van der Waals surface area contributed by atoms with Crippen LogP contribution in [-0.2, 0) is 25.3 Å². The first kappa shape index (κ1) is 19.7. The van der Waals surface area contributed by atoms with Gasteiger partial charge >= 0.3 is 0 Å². The van der Waals surface area contributed by atoms with Crippen molar-refractivity contribution in [1.82, 2.24) is 9.47 Å². The Hall–Kier alpha value is -1.97. The van der Waals surface area contributed by atoms with Crippen LogP contribution in [0.15, 0.2) is 42.5 Å². The molecule has 0 radical (unpaired) electrons. The maximum Gasteiger partial charge on any atom is 0.119 e. The van der Waals surface area contributed by atoms with Crippen LogP contribution in [-0.4, -0.2) is 36.2 Å². The minimum atomic E-state index is 0.174. The molecule has 4 heteroatoms. The van der Waals surface area contributed by atoms with Gasteiger partial charge in [-0.25, -0.2) is 0 Å². The summed E-state index contributed by atoms with van der Waals surface area (Å²) in [6.07, 6.45) is 6.30. The van der Waals surface area contributed by atoms with Crippen molar-refractivity contribution in [3.63, 3.8) is 0 Å². The van der Waals surface area contributed by atoms with E-state index in [1.165, 1.54) is 66.6 Å². The van der Waals surface area contributed by atoms with Gasteiger partial charge in [-0.2, -0.15) is 0 Å². The molecule has 6 rings (SSSR count). The molecule has 1 saturated heterocycles. The molecule has 2 atom stereocenters. The van der Waals surface area contributed by atoms with Crippen molar-refractivity contribution in [1.29, 1.82) is 0 Å². The van der Waals surface area contributed by atoms with Crippen LogP contribution in [0.25, 0.3) is 10.9 Å². The topological polar surface area (TPSA) is 17.4 Å². The zero-order valence-electron chi connectivity index (χ0n) is 18.5. The maximum atomic E-state index is 6.42. The van der Waals surface area contributed by atoms with Gasteiger partial charge in [-0.3, -0.25) is 0 Å². The van der Waals surface area contributed by atoms with E-state index in [0.717, 1.165) is 29.5 Å². The molecule has 3 aromatic rings. The third kappa shape index (κ3) is 3.20. The molecule has 2 unspecified atom stereocenters. The van der Waals surface area contributed by atoms with Gasteiger partial charge in [0.25, 0.3) is 0 Å². The van der Waals surface area contributed by atoms with E-state index in [2.05, 4.69) is 52.9 Å². The number of rotatable bonds is 4. The highest BCUT2D eigenvalue weighted by atomic mass is 35.5. The zero-order valence-corrected chi connectivity index (χ0v) is 19.3. The minimum absolute atomic E-state index is 0.174. The summed E-state index contributed by atoms with van der Waals surface area (Å²) in [7, 11) is 4.01. The highest BCUT2D eigenvalue weighted by Gasteiger charge is 2.49. The number of benzene rings is 2. The number of hydrogen-bond acceptors (Lipinski definition) is 2. The first-order valence-corrected chi connectivity index (χ1v) is 12.1. The molecular formula is C27H31ClN2O. The molecular weight excluding hydrogens is 404 g/mol. The Morgan fingerprint density at radius 3 is 2.84 bits per heavy atom. The van der Waals surface area contributed by atoms with Crippen molar-refractivity contribution in [2.24, 2.45) is 18.9 Å². The summed E-state index contributed by atoms with van der Waals surface area (Å²) < 4.78 is 8.05. The van der Waals surface area contributed by atoms with Crippen LogP contribution in [0.3, 0.4) is 0 Å². The second kappa shape index (κ2) is 7.28. The number of hydrogen-bond donors (Lipinski definition) is 0. The van der Waals surface area contributed by atoms with Gasteiger partial charge in [0, 0.05) is 47.2 Å². The summed E-state index contributed by atoms with van der Waals surface area (Å²) in [6.45, 7) is 3.69. The number of aryl methyl sites for hydroxylation is 1. The number of likely N-dealkylation sites (tertiary alicyclic amines) is 1. The highest BCUT2D eigenvalue weighted by Crippen LogP contribution is 2.50. The van der Waals surface area contributed by atoms with Gasteiger partial charge in [0.2, 0.25) is 0 Å². The molecule has 2 aliphatic carbocycles. The summed E-state index contributed by atoms with van der Waals surface area (Å²) in [5.41, 5.74) is 5.96. The van der Waals surface area contributed by atoms with Crippen LogP contribution < -0.4 is 4.74 Å². The Labute approximate surface area is 189 Å². The Bertz CT molecular complexity index is 1150. The molecule has 3 nitrogen and oxygen atoms in total. The fourth-order valence-corrected chi connectivity index (χ4v) is 6.59. The number of fused-ring (bicyclic) bond motifs is 4. The van der Waals surface area contributed by atoms with Gasteiger partial charge in [0.05, 0.1) is 7.11 Å². The van der Waals surface area contributed by atoms with E-state index in [1.54, 1.807) is 7.11 Å². The molecule has 0 amide bonds. The molecule has 1 saturated carbocycles. The minimum Gasteiger partial charge on any atom is -0.497 e. The van der Waals surface area contributed by atoms with E-state index >= 15 is 0 Å². The number of ether oxygens (including phenoxy) is 1. The molecule has 0 spiro atoms. The summed E-state index contributed by atoms with van der Waals surface area (Å²) in [5, 5.41) is 2.19. The second-order valence-corrected chi connectivity index (χ2v) is 10.5. The Kier molecular flexibility index (Phi) is 4.63. The van der Waals surface area contributed by atoms with Crippen LogP contribution in [0, 0.1) is 11.8 Å². The van der Waals surface area contributed by atoms with E-state index in [1.807, 2.05) is 6.07 Å². The quantitative estimate of drug-likeness (QED) is 0.531. The predicted octanol–water partition coefficient (Wildman–Crippen LogP) is 5.61. The lowest BCUT2D eigenvalue weighted by Gasteiger charge is -2.51. The zero-order chi connectivity index (χ0) is 21.2. The van der Waals surface area contributed by atoms with E-state index in [-0.39, 0.29) is 5.41 Å². The van der Waals surface area contributed by atoms with Crippen LogP contribution in [0.2, 0.25) is 5.02 Å². The van der Waals surface area contributed by atoms with E-state index in [4.69, 9.17) is 16.3 Å². The SMILES string of the molecule is COc1cccc(C23CCN(CC4CC4)CC2Cc2c(n(C)c4ccc(Cl)cc24)C3)c1. The highest BCUT2D eigenvalue weighted by molar-refractivity contribution is 6.31. The number of methoxy groups -OCH3 is 1. The van der Waals surface area contributed by atoms with E-state index in [9.17, 15) is 0 Å². The summed E-state index contributed by atoms with van der Waals surface area (Å²) in [6, 6.07) is 15.3. The van der Waals surface area contributed by atoms with Crippen LogP contribution in [0.1, 0.15) is 36.1 Å². The van der Waals surface area contributed by atoms with Crippen molar-refractivity contribution in [3.05, 3.63) is 64.3 Å². The van der Waals surface area contributed by atoms with Crippen molar-refractivity contribution < 1.29 is 4.74 Å². The van der Waals surface area contributed by atoms with Gasteiger partial charge in [-0.1, -0.05) is 23.7 Å². The number of nitrogens with zero attached hydrogens (tertiary/aromatic N) is 2. The van der Waals surface area contributed by atoms with Crippen molar-refractivity contribution >= 4 is 22.5 Å². The second-order valence-electron chi connectivity index (χ2n) is 10.1. The molecule has 162 valence electrons. The Morgan fingerprint density at radius 2 is 2.03 bits per heavy atom. The average molecular weight is 435 g/mol. The lowest BCUT2D eigenvalue weighted by molar-refractivity contribution is 0.0776. The molecule has 2 heterocycles. The first-order chi connectivity index (χ1) is 15.1. The summed E-state index contributed by atoms with van der Waals surface area (Å²) in [4.78, 5) is 2.75. The number of piperidine rings is 1. The van der Waals surface area contributed by atoms with Gasteiger partial charge in [-0.05, 0) is 91.9 Å². The van der Waals surface area contributed by atoms with Gasteiger partial charge < -0.3 is 14.2 Å². The molecule has 2 aromatic carbocycles. The third-order valence-corrected chi connectivity index (χ3v) is 8.56. The summed E-state index contributed by atoms with van der Waals surface area (Å²) in [5.74, 6) is 2.53. The number of halogens is 1. The molecule has 0 N–H and O–H groups in total. The van der Waals surface area contributed by atoms with Crippen molar-refractivity contribution in [3.8, 4) is 5.75 Å². The van der Waals surface area contributed by atoms with Gasteiger partial charge in [-0.15, -0.1) is 0 Å². The molecule has 0 bridgehead atoms. The van der Waals surface area contributed by atoms with Crippen LogP contribution >= 0.6 is 11.6 Å². The lowest BCUT2D eigenvalue weighted by atomic mass is 9.58.